The van der Waals surface area contributed by atoms with Gasteiger partial charge in [-0.05, 0) is 54.7 Å². The molecular formula is C21H27NO3S. The van der Waals surface area contributed by atoms with Crippen LogP contribution in [0.4, 0.5) is 0 Å². The van der Waals surface area contributed by atoms with Crippen LogP contribution >= 0.6 is 0 Å². The largest absolute Gasteiger partial charge is 0.497 e. The molecule has 0 unspecified atom stereocenters. The lowest BCUT2D eigenvalue weighted by Crippen LogP contribution is -2.34. The summed E-state index contributed by atoms with van der Waals surface area (Å²) >= 11 is 0. The lowest BCUT2D eigenvalue weighted by Gasteiger charge is -2.29. The van der Waals surface area contributed by atoms with Crippen LogP contribution in [-0.2, 0) is 16.4 Å². The van der Waals surface area contributed by atoms with Gasteiger partial charge in [0.2, 0.25) is 10.0 Å². The first-order valence-corrected chi connectivity index (χ1v) is 10.7. The molecule has 0 aliphatic carbocycles. The minimum absolute atomic E-state index is 0.126. The third kappa shape index (κ3) is 3.94. The first-order chi connectivity index (χ1) is 12.6. The molecule has 5 heteroatoms. The van der Waals surface area contributed by atoms with Crippen LogP contribution in [0.5, 0.6) is 5.75 Å². The molecule has 2 aromatic carbocycles. The molecule has 1 heterocycles. The molecule has 0 bridgehead atoms. The van der Waals surface area contributed by atoms with Crippen LogP contribution in [0.1, 0.15) is 49.8 Å². The highest BCUT2D eigenvalue weighted by Gasteiger charge is 2.33. The molecule has 0 saturated carbocycles. The normalized spacial score (nSPS) is 19.1. The molecule has 1 aliphatic heterocycles. The third-order valence-electron chi connectivity index (χ3n) is 5.14. The Balaban J connectivity index is 1.96. The lowest BCUT2D eigenvalue weighted by atomic mass is 10.0. The highest BCUT2D eigenvalue weighted by molar-refractivity contribution is 7.89. The zero-order chi connectivity index (χ0) is 18.6. The Morgan fingerprint density at radius 2 is 1.69 bits per heavy atom. The first kappa shape index (κ1) is 18.9. The van der Waals surface area contributed by atoms with Crippen molar-refractivity contribution in [2.75, 3.05) is 13.7 Å². The Bertz CT molecular complexity index is 813. The van der Waals surface area contributed by atoms with Crippen LogP contribution < -0.4 is 4.74 Å². The maximum absolute atomic E-state index is 13.3. The molecule has 0 spiro atoms. The average Bonchev–Trinajstić information content (AvgIpc) is 2.95. The van der Waals surface area contributed by atoms with Gasteiger partial charge in [0.25, 0.3) is 0 Å². The van der Waals surface area contributed by atoms with Crippen molar-refractivity contribution in [3.05, 3.63) is 59.7 Å². The molecule has 0 aromatic heterocycles. The topological polar surface area (TPSA) is 46.6 Å². The maximum atomic E-state index is 13.3. The maximum Gasteiger partial charge on any atom is 0.243 e. The fraction of sp³-hybridized carbons (Fsp3) is 0.429. The van der Waals surface area contributed by atoms with Gasteiger partial charge in [-0.1, -0.05) is 44.0 Å². The molecule has 4 nitrogen and oxygen atoms in total. The van der Waals surface area contributed by atoms with Gasteiger partial charge in [-0.25, -0.2) is 8.42 Å². The first-order valence-electron chi connectivity index (χ1n) is 9.31. The van der Waals surface area contributed by atoms with Gasteiger partial charge in [-0.15, -0.1) is 0 Å². The monoisotopic (exact) mass is 373 g/mol. The van der Waals surface area contributed by atoms with Gasteiger partial charge in [0, 0.05) is 6.54 Å². The number of nitrogens with zero attached hydrogens (tertiary/aromatic N) is 1. The smallest absolute Gasteiger partial charge is 0.243 e. The second-order valence-electron chi connectivity index (χ2n) is 6.75. The van der Waals surface area contributed by atoms with Crippen LogP contribution in [0.25, 0.3) is 0 Å². The van der Waals surface area contributed by atoms with Crippen molar-refractivity contribution in [2.24, 2.45) is 0 Å². The fourth-order valence-electron chi connectivity index (χ4n) is 3.56. The Morgan fingerprint density at radius 1 is 1.00 bits per heavy atom. The Labute approximate surface area is 156 Å². The molecular weight excluding hydrogens is 346 g/mol. The van der Waals surface area contributed by atoms with Crippen LogP contribution in [0.2, 0.25) is 0 Å². The van der Waals surface area contributed by atoms with E-state index in [0.29, 0.717) is 11.4 Å². The fourth-order valence-corrected chi connectivity index (χ4v) is 5.24. The molecule has 1 saturated heterocycles. The average molecular weight is 374 g/mol. The van der Waals surface area contributed by atoms with E-state index in [0.717, 1.165) is 49.0 Å². The van der Waals surface area contributed by atoms with Crippen LogP contribution in [0, 0.1) is 0 Å². The summed E-state index contributed by atoms with van der Waals surface area (Å²) in [7, 11) is -1.88. The standard InChI is InChI=1S/C21H27NO3S/c1-3-17-8-14-20(15-9-17)26(23,24)22-16-6-4-5-7-21(22)18-10-12-19(25-2)13-11-18/h8-15,21H,3-7,16H2,1-2H3/t21-/m1/s1. The second kappa shape index (κ2) is 8.23. The van der Waals surface area contributed by atoms with E-state index in [1.165, 1.54) is 0 Å². The Morgan fingerprint density at radius 3 is 2.31 bits per heavy atom. The summed E-state index contributed by atoms with van der Waals surface area (Å²) < 4.78 is 33.6. The zero-order valence-corrected chi connectivity index (χ0v) is 16.3. The number of sulfonamides is 1. The Hall–Kier alpha value is -1.85. The van der Waals surface area contributed by atoms with Crippen molar-refractivity contribution in [3.63, 3.8) is 0 Å². The highest BCUT2D eigenvalue weighted by Crippen LogP contribution is 2.35. The molecule has 1 atom stereocenters. The number of ether oxygens (including phenoxy) is 1. The number of aryl methyl sites for hydroxylation is 1. The van der Waals surface area contributed by atoms with Crippen molar-refractivity contribution in [1.82, 2.24) is 4.31 Å². The van der Waals surface area contributed by atoms with Crippen molar-refractivity contribution >= 4 is 10.0 Å². The van der Waals surface area contributed by atoms with E-state index in [2.05, 4.69) is 6.92 Å². The Kier molecular flexibility index (Phi) is 5.99. The van der Waals surface area contributed by atoms with Gasteiger partial charge in [0.15, 0.2) is 0 Å². The number of rotatable bonds is 5. The summed E-state index contributed by atoms with van der Waals surface area (Å²) in [6.45, 7) is 2.63. The quantitative estimate of drug-likeness (QED) is 0.772. The third-order valence-corrected chi connectivity index (χ3v) is 7.06. The van der Waals surface area contributed by atoms with Crippen molar-refractivity contribution < 1.29 is 13.2 Å². The van der Waals surface area contributed by atoms with Crippen LogP contribution in [0.15, 0.2) is 53.4 Å². The van der Waals surface area contributed by atoms with Gasteiger partial charge in [0.1, 0.15) is 5.75 Å². The molecule has 0 N–H and O–H groups in total. The molecule has 2 aromatic rings. The van der Waals surface area contributed by atoms with E-state index in [4.69, 9.17) is 4.74 Å². The SMILES string of the molecule is CCc1ccc(S(=O)(=O)N2CCCCC[C@@H]2c2ccc(OC)cc2)cc1. The summed E-state index contributed by atoms with van der Waals surface area (Å²) in [5.41, 5.74) is 2.17. The summed E-state index contributed by atoms with van der Waals surface area (Å²) in [4.78, 5) is 0.384. The molecule has 3 rings (SSSR count). The summed E-state index contributed by atoms with van der Waals surface area (Å²) in [5.74, 6) is 0.784. The second-order valence-corrected chi connectivity index (χ2v) is 8.64. The lowest BCUT2D eigenvalue weighted by molar-refractivity contribution is 0.328. The predicted molar refractivity (Wildman–Crippen MR) is 104 cm³/mol. The van der Waals surface area contributed by atoms with Crippen molar-refractivity contribution in [1.29, 1.82) is 0 Å². The molecule has 0 amide bonds. The van der Waals surface area contributed by atoms with E-state index in [1.54, 1.807) is 23.5 Å². The van der Waals surface area contributed by atoms with Gasteiger partial charge in [-0.3, -0.25) is 0 Å². The van der Waals surface area contributed by atoms with E-state index in [-0.39, 0.29) is 6.04 Å². The minimum Gasteiger partial charge on any atom is -0.497 e. The zero-order valence-electron chi connectivity index (χ0n) is 15.5. The molecule has 1 aliphatic rings. The molecule has 26 heavy (non-hydrogen) atoms. The van der Waals surface area contributed by atoms with Gasteiger partial charge in [-0.2, -0.15) is 4.31 Å². The molecule has 0 radical (unpaired) electrons. The number of hydrogen-bond donors (Lipinski definition) is 0. The molecule has 140 valence electrons. The van der Waals surface area contributed by atoms with Gasteiger partial charge >= 0.3 is 0 Å². The minimum atomic E-state index is -3.52. The molecule has 1 fully saturated rings. The van der Waals surface area contributed by atoms with Crippen molar-refractivity contribution in [2.45, 2.75) is 50.0 Å². The van der Waals surface area contributed by atoms with Gasteiger partial charge < -0.3 is 4.74 Å². The van der Waals surface area contributed by atoms with Crippen LogP contribution in [0.3, 0.4) is 0 Å². The van der Waals surface area contributed by atoms with Crippen molar-refractivity contribution in [3.8, 4) is 5.75 Å². The predicted octanol–water partition coefficient (Wildman–Crippen LogP) is 4.56. The van der Waals surface area contributed by atoms with Crippen LogP contribution in [-0.4, -0.2) is 26.4 Å². The summed E-state index contributed by atoms with van der Waals surface area (Å²) in [6.07, 6.45) is 4.75. The number of hydrogen-bond acceptors (Lipinski definition) is 3. The number of methoxy groups -OCH3 is 1. The highest BCUT2D eigenvalue weighted by atomic mass is 32.2. The van der Waals surface area contributed by atoms with E-state index in [9.17, 15) is 8.42 Å². The van der Waals surface area contributed by atoms with E-state index < -0.39 is 10.0 Å². The van der Waals surface area contributed by atoms with E-state index >= 15 is 0 Å². The number of benzene rings is 2. The summed E-state index contributed by atoms with van der Waals surface area (Å²) in [6, 6.07) is 14.9. The van der Waals surface area contributed by atoms with E-state index in [1.807, 2.05) is 36.4 Å². The summed E-state index contributed by atoms with van der Waals surface area (Å²) in [5, 5.41) is 0. The van der Waals surface area contributed by atoms with Gasteiger partial charge in [0.05, 0.1) is 18.0 Å².